The number of phenolic OH excluding ortho intramolecular Hbond substituents is 1. The summed E-state index contributed by atoms with van der Waals surface area (Å²) in [6.07, 6.45) is 0. The molecule has 6 amide bonds. The number of urea groups is 1. The van der Waals surface area contributed by atoms with Gasteiger partial charge in [0.05, 0.1) is 0 Å². The number of hydrogen-bond donors (Lipinski definition) is 4. The Kier molecular flexibility index (Phi) is 6.79. The van der Waals surface area contributed by atoms with Gasteiger partial charge in [0.2, 0.25) is 11.8 Å². The number of fused-ring (bicyclic) bond motifs is 1. The highest BCUT2D eigenvalue weighted by molar-refractivity contribution is 8.01. The first-order valence-electron chi connectivity index (χ1n) is 11.6. The molecule has 4 rings (SSSR count). The first kappa shape index (κ1) is 26.3. The van der Waals surface area contributed by atoms with E-state index in [1.165, 1.54) is 45.8 Å². The quantitative estimate of drug-likeness (QED) is 0.276. The maximum atomic E-state index is 13.3. The summed E-state index contributed by atoms with van der Waals surface area (Å²) in [5.74, 6) is -4.42. The van der Waals surface area contributed by atoms with E-state index < -0.39 is 63.9 Å². The molecule has 1 aromatic rings. The fraction of sp³-hybridized carbons (Fsp3) is 0.478. The molecule has 14 heteroatoms. The van der Waals surface area contributed by atoms with Crippen molar-refractivity contribution in [3.63, 3.8) is 0 Å². The van der Waals surface area contributed by atoms with E-state index in [-0.39, 0.29) is 24.4 Å². The topological polar surface area (TPSA) is 177 Å². The van der Waals surface area contributed by atoms with Crippen molar-refractivity contribution < 1.29 is 39.0 Å². The predicted octanol–water partition coefficient (Wildman–Crippen LogP) is -0.535. The summed E-state index contributed by atoms with van der Waals surface area (Å²) in [5, 5.41) is 23.7. The number of hydrogen-bond acceptors (Lipinski definition) is 8. The molecule has 13 nitrogen and oxygen atoms in total. The van der Waals surface area contributed by atoms with Gasteiger partial charge in [-0.05, 0) is 38.5 Å². The van der Waals surface area contributed by atoms with Crippen molar-refractivity contribution in [3.8, 4) is 5.75 Å². The Balaban J connectivity index is 1.53. The van der Waals surface area contributed by atoms with Crippen molar-refractivity contribution in [2.45, 2.75) is 49.0 Å². The van der Waals surface area contributed by atoms with Crippen molar-refractivity contribution in [1.82, 2.24) is 25.3 Å². The van der Waals surface area contributed by atoms with Crippen molar-refractivity contribution in [3.05, 3.63) is 29.8 Å². The van der Waals surface area contributed by atoms with Crippen LogP contribution in [0.5, 0.6) is 5.75 Å². The van der Waals surface area contributed by atoms with E-state index in [2.05, 4.69) is 10.6 Å². The summed E-state index contributed by atoms with van der Waals surface area (Å²) in [6, 6.07) is 0.979. The Hall–Kier alpha value is -3.81. The van der Waals surface area contributed by atoms with Crippen LogP contribution in [0.2, 0.25) is 0 Å². The molecule has 0 aliphatic carbocycles. The smallest absolute Gasteiger partial charge is 0.327 e. The zero-order valence-corrected chi connectivity index (χ0v) is 21.2. The third-order valence-electron chi connectivity index (χ3n) is 6.66. The number of carbonyl (C=O) groups is 6. The Bertz CT molecular complexity index is 1170. The van der Waals surface area contributed by atoms with Crippen molar-refractivity contribution in [2.24, 2.45) is 0 Å². The van der Waals surface area contributed by atoms with Crippen LogP contribution in [-0.2, 0) is 24.0 Å². The number of carboxylic acids is 1. The Morgan fingerprint density at radius 2 is 1.76 bits per heavy atom. The summed E-state index contributed by atoms with van der Waals surface area (Å²) < 4.78 is -0.788. The number of nitrogens with zero attached hydrogens (tertiary/aromatic N) is 3. The number of aliphatic carboxylic acids is 1. The number of β-lactam (4-membered cyclic amide) rings is 1. The van der Waals surface area contributed by atoms with Gasteiger partial charge in [-0.25, -0.2) is 9.59 Å². The van der Waals surface area contributed by atoms with Crippen molar-refractivity contribution >= 4 is 47.4 Å². The van der Waals surface area contributed by atoms with Crippen LogP contribution in [-0.4, -0.2) is 102 Å². The Labute approximate surface area is 216 Å². The second kappa shape index (κ2) is 9.57. The molecule has 3 aliphatic rings. The fourth-order valence-corrected chi connectivity index (χ4v) is 6.35. The lowest BCUT2D eigenvalue weighted by Gasteiger charge is -2.44. The van der Waals surface area contributed by atoms with Crippen LogP contribution in [0.1, 0.15) is 32.4 Å². The second-order valence-corrected chi connectivity index (χ2v) is 11.2. The molecule has 3 fully saturated rings. The molecule has 0 radical (unpaired) electrons. The van der Waals surface area contributed by atoms with E-state index in [0.717, 1.165) is 4.90 Å². The number of imide groups is 1. The number of thioether (sulfide) groups is 1. The van der Waals surface area contributed by atoms with Gasteiger partial charge in [0, 0.05) is 24.4 Å². The molecule has 0 bridgehead atoms. The van der Waals surface area contributed by atoms with Gasteiger partial charge in [-0.2, -0.15) is 0 Å². The van der Waals surface area contributed by atoms with Crippen LogP contribution in [0.15, 0.2) is 24.3 Å². The minimum absolute atomic E-state index is 0.0609. The average Bonchev–Trinajstić information content (AvgIpc) is 3.10. The number of benzene rings is 1. The molecule has 0 spiro atoms. The van der Waals surface area contributed by atoms with E-state index >= 15 is 0 Å². The van der Waals surface area contributed by atoms with Gasteiger partial charge < -0.3 is 30.6 Å². The molecule has 0 aromatic heterocycles. The monoisotopic (exact) mass is 533 g/mol. The van der Waals surface area contributed by atoms with Crippen LogP contribution in [0.3, 0.4) is 0 Å². The molecule has 198 valence electrons. The molecule has 1 unspecified atom stereocenters. The molecule has 3 aliphatic heterocycles. The standard InChI is InChI=1S/C23H27N5O8S/c1-4-26-9-10-27(19(33)18(26)32)22(36)25-13(11-5-7-12(29)8-6-11)16(30)24-14-17(31)28-15(21(34)35)23(2,3)37-20(14)28/h5-8,13-15,20,29H,4,9-10H2,1-3H3,(H,24,30)(H,25,36)(H,34,35)/t13-,14?,15+,20-/m1/s1. The summed E-state index contributed by atoms with van der Waals surface area (Å²) in [7, 11) is 0. The number of carbonyl (C=O) groups excluding carboxylic acids is 5. The Morgan fingerprint density at radius 3 is 2.35 bits per heavy atom. The van der Waals surface area contributed by atoms with Gasteiger partial charge in [-0.3, -0.25) is 24.1 Å². The van der Waals surface area contributed by atoms with E-state index in [1.54, 1.807) is 20.8 Å². The maximum Gasteiger partial charge on any atom is 0.327 e. The summed E-state index contributed by atoms with van der Waals surface area (Å²) in [6.45, 7) is 5.51. The van der Waals surface area contributed by atoms with E-state index in [0.29, 0.717) is 6.54 Å². The molecular weight excluding hydrogens is 506 g/mol. The summed E-state index contributed by atoms with van der Waals surface area (Å²) in [4.78, 5) is 78.8. The third-order valence-corrected chi connectivity index (χ3v) is 8.24. The number of carboxylic acid groups (broad SMARTS) is 1. The molecule has 1 aromatic carbocycles. The predicted molar refractivity (Wildman–Crippen MR) is 129 cm³/mol. The number of likely N-dealkylation sites (N-methyl/N-ethyl adjacent to an activating group) is 1. The lowest BCUT2D eigenvalue weighted by molar-refractivity contribution is -0.161. The number of phenols is 1. The highest BCUT2D eigenvalue weighted by Crippen LogP contribution is 2.50. The summed E-state index contributed by atoms with van der Waals surface area (Å²) >= 11 is 1.25. The van der Waals surface area contributed by atoms with Gasteiger partial charge in [-0.15, -0.1) is 11.8 Å². The van der Waals surface area contributed by atoms with Crippen LogP contribution in [0, 0.1) is 0 Å². The highest BCUT2D eigenvalue weighted by Gasteiger charge is 2.64. The third kappa shape index (κ3) is 4.56. The molecule has 3 heterocycles. The zero-order chi connectivity index (χ0) is 27.2. The zero-order valence-electron chi connectivity index (χ0n) is 20.3. The number of nitrogens with one attached hydrogen (secondary N) is 2. The second-order valence-electron chi connectivity index (χ2n) is 9.40. The van der Waals surface area contributed by atoms with E-state index in [4.69, 9.17) is 0 Å². The first-order chi connectivity index (χ1) is 17.4. The molecule has 3 saturated heterocycles. The van der Waals surface area contributed by atoms with E-state index in [9.17, 15) is 39.0 Å². The normalized spacial score (nSPS) is 25.3. The maximum absolute atomic E-state index is 13.3. The van der Waals surface area contributed by atoms with Gasteiger partial charge >= 0.3 is 23.8 Å². The lowest BCUT2D eigenvalue weighted by atomic mass is 9.95. The molecule has 37 heavy (non-hydrogen) atoms. The Morgan fingerprint density at radius 1 is 1.11 bits per heavy atom. The van der Waals surface area contributed by atoms with E-state index in [1.807, 2.05) is 0 Å². The number of amides is 6. The lowest BCUT2D eigenvalue weighted by Crippen LogP contribution is -2.71. The number of rotatable bonds is 6. The van der Waals surface area contributed by atoms with Gasteiger partial charge in [-0.1, -0.05) is 12.1 Å². The number of piperazine rings is 1. The van der Waals surface area contributed by atoms with Crippen LogP contribution < -0.4 is 10.6 Å². The van der Waals surface area contributed by atoms with Gasteiger partial charge in [0.1, 0.15) is 29.2 Å². The van der Waals surface area contributed by atoms with Crippen LogP contribution in [0.25, 0.3) is 0 Å². The molecule has 4 atom stereocenters. The van der Waals surface area contributed by atoms with Gasteiger partial charge in [0.25, 0.3) is 0 Å². The molecular formula is C23H27N5O8S. The van der Waals surface area contributed by atoms with Crippen LogP contribution in [0.4, 0.5) is 4.79 Å². The van der Waals surface area contributed by atoms with Crippen molar-refractivity contribution in [1.29, 1.82) is 0 Å². The molecule has 4 N–H and O–H groups in total. The van der Waals surface area contributed by atoms with Gasteiger partial charge in [0.15, 0.2) is 0 Å². The largest absolute Gasteiger partial charge is 0.508 e. The van der Waals surface area contributed by atoms with Crippen LogP contribution >= 0.6 is 11.8 Å². The average molecular weight is 534 g/mol. The minimum Gasteiger partial charge on any atom is -0.508 e. The fourth-order valence-electron chi connectivity index (χ4n) is 4.72. The highest BCUT2D eigenvalue weighted by atomic mass is 32.2. The summed E-state index contributed by atoms with van der Waals surface area (Å²) in [5.41, 5.74) is 0.251. The first-order valence-corrected chi connectivity index (χ1v) is 12.5. The number of aromatic hydroxyl groups is 1. The minimum atomic E-state index is -1.38. The molecule has 0 saturated carbocycles. The SMILES string of the molecule is CCN1CCN(C(=O)N[C@@H](C(=O)NC2C(=O)N3[C@@H]2SC(C)(C)[C@@H]3C(=O)O)c2ccc(O)cc2)C(=O)C1=O. The van der Waals surface area contributed by atoms with Crippen molar-refractivity contribution in [2.75, 3.05) is 19.6 Å².